The largest absolute Gasteiger partial charge is 0.508 e. The van der Waals surface area contributed by atoms with Crippen LogP contribution >= 0.6 is 11.6 Å². The SMILES string of the molecule is C[C@H](NC1CCCc2ccc(O)cc21)c1ccccc1Cl. The van der Waals surface area contributed by atoms with Gasteiger partial charge in [0, 0.05) is 17.1 Å². The van der Waals surface area contributed by atoms with Gasteiger partial charge in [-0.1, -0.05) is 35.9 Å². The molecule has 3 rings (SSSR count). The molecule has 0 heterocycles. The van der Waals surface area contributed by atoms with E-state index in [9.17, 15) is 5.11 Å². The number of hydrogen-bond acceptors (Lipinski definition) is 2. The summed E-state index contributed by atoms with van der Waals surface area (Å²) in [6, 6.07) is 14.1. The van der Waals surface area contributed by atoms with E-state index >= 15 is 0 Å². The highest BCUT2D eigenvalue weighted by atomic mass is 35.5. The molecule has 1 unspecified atom stereocenters. The zero-order valence-corrected chi connectivity index (χ0v) is 12.9. The first kappa shape index (κ1) is 14.4. The van der Waals surface area contributed by atoms with Crippen molar-refractivity contribution in [3.8, 4) is 5.75 Å². The third kappa shape index (κ3) is 3.07. The molecule has 0 saturated carbocycles. The highest BCUT2D eigenvalue weighted by Crippen LogP contribution is 2.34. The maximum Gasteiger partial charge on any atom is 0.115 e. The number of rotatable bonds is 3. The average Bonchev–Trinajstić information content (AvgIpc) is 2.48. The summed E-state index contributed by atoms with van der Waals surface area (Å²) in [5.74, 6) is 0.341. The van der Waals surface area contributed by atoms with Crippen molar-refractivity contribution in [3.63, 3.8) is 0 Å². The number of aryl methyl sites for hydroxylation is 1. The minimum absolute atomic E-state index is 0.178. The Kier molecular flexibility index (Phi) is 4.18. The quantitative estimate of drug-likeness (QED) is 0.855. The Labute approximate surface area is 130 Å². The van der Waals surface area contributed by atoms with Gasteiger partial charge in [-0.2, -0.15) is 0 Å². The van der Waals surface area contributed by atoms with E-state index < -0.39 is 0 Å². The van der Waals surface area contributed by atoms with Crippen LogP contribution in [0.5, 0.6) is 5.75 Å². The molecule has 2 N–H and O–H groups in total. The second kappa shape index (κ2) is 6.08. The Morgan fingerprint density at radius 3 is 2.86 bits per heavy atom. The molecular formula is C18H20ClNO. The van der Waals surface area contributed by atoms with Gasteiger partial charge in [0.05, 0.1) is 0 Å². The smallest absolute Gasteiger partial charge is 0.115 e. The van der Waals surface area contributed by atoms with Crippen molar-refractivity contribution in [1.82, 2.24) is 5.32 Å². The molecule has 0 radical (unpaired) electrons. The first-order valence-electron chi connectivity index (χ1n) is 7.47. The molecule has 2 aromatic carbocycles. The van der Waals surface area contributed by atoms with Gasteiger partial charge in [-0.15, -0.1) is 0 Å². The van der Waals surface area contributed by atoms with Crippen LogP contribution < -0.4 is 5.32 Å². The highest BCUT2D eigenvalue weighted by Gasteiger charge is 2.22. The molecule has 0 fully saturated rings. The maximum atomic E-state index is 9.75. The molecule has 0 amide bonds. The zero-order valence-electron chi connectivity index (χ0n) is 12.1. The lowest BCUT2D eigenvalue weighted by atomic mass is 9.87. The number of nitrogens with one attached hydrogen (secondary N) is 1. The summed E-state index contributed by atoms with van der Waals surface area (Å²) in [4.78, 5) is 0. The van der Waals surface area contributed by atoms with Crippen LogP contribution in [0.1, 0.15) is 48.5 Å². The Morgan fingerprint density at radius 1 is 1.24 bits per heavy atom. The van der Waals surface area contributed by atoms with E-state index in [0.717, 1.165) is 23.4 Å². The average molecular weight is 302 g/mol. The maximum absolute atomic E-state index is 9.75. The molecule has 0 spiro atoms. The van der Waals surface area contributed by atoms with Crippen molar-refractivity contribution in [2.45, 2.75) is 38.3 Å². The molecule has 0 aliphatic heterocycles. The third-order valence-corrected chi connectivity index (χ3v) is 4.61. The lowest BCUT2D eigenvalue weighted by molar-refractivity contribution is 0.411. The summed E-state index contributed by atoms with van der Waals surface area (Å²) >= 11 is 6.28. The van der Waals surface area contributed by atoms with Gasteiger partial charge in [0.25, 0.3) is 0 Å². The number of halogens is 1. The van der Waals surface area contributed by atoms with Gasteiger partial charge in [-0.25, -0.2) is 0 Å². The van der Waals surface area contributed by atoms with Crippen LogP contribution in [0.2, 0.25) is 5.02 Å². The summed E-state index contributed by atoms with van der Waals surface area (Å²) in [7, 11) is 0. The number of phenolic OH excluding ortho intramolecular Hbond substituents is 1. The molecule has 2 atom stereocenters. The monoisotopic (exact) mass is 301 g/mol. The minimum Gasteiger partial charge on any atom is -0.508 e. The van der Waals surface area contributed by atoms with Crippen LogP contribution in [-0.4, -0.2) is 5.11 Å². The summed E-state index contributed by atoms with van der Waals surface area (Å²) < 4.78 is 0. The van der Waals surface area contributed by atoms with Crippen LogP contribution in [0, 0.1) is 0 Å². The molecule has 2 nitrogen and oxygen atoms in total. The predicted octanol–water partition coefficient (Wildman–Crippen LogP) is 4.77. The molecule has 0 saturated heterocycles. The molecule has 110 valence electrons. The fraction of sp³-hybridized carbons (Fsp3) is 0.333. The Balaban J connectivity index is 1.83. The molecule has 2 aromatic rings. The van der Waals surface area contributed by atoms with Crippen LogP contribution in [0.25, 0.3) is 0 Å². The van der Waals surface area contributed by atoms with Gasteiger partial charge in [-0.3, -0.25) is 0 Å². The Morgan fingerprint density at radius 2 is 2.05 bits per heavy atom. The van der Waals surface area contributed by atoms with Gasteiger partial charge in [-0.05, 0) is 61.1 Å². The number of fused-ring (bicyclic) bond motifs is 1. The molecular weight excluding hydrogens is 282 g/mol. The second-order valence-corrected chi connectivity index (χ2v) is 6.14. The van der Waals surface area contributed by atoms with Crippen LogP contribution in [0.15, 0.2) is 42.5 Å². The van der Waals surface area contributed by atoms with Crippen molar-refractivity contribution in [2.75, 3.05) is 0 Å². The number of hydrogen-bond donors (Lipinski definition) is 2. The van der Waals surface area contributed by atoms with Crippen LogP contribution in [0.4, 0.5) is 0 Å². The highest BCUT2D eigenvalue weighted by molar-refractivity contribution is 6.31. The summed E-state index contributed by atoms with van der Waals surface area (Å²) in [6.07, 6.45) is 3.35. The first-order valence-corrected chi connectivity index (χ1v) is 7.85. The topological polar surface area (TPSA) is 32.3 Å². The predicted molar refractivity (Wildman–Crippen MR) is 86.8 cm³/mol. The second-order valence-electron chi connectivity index (χ2n) is 5.74. The van der Waals surface area contributed by atoms with Gasteiger partial charge in [0.15, 0.2) is 0 Å². The molecule has 3 heteroatoms. The standard InChI is InChI=1S/C18H20ClNO/c1-12(15-6-2-3-7-17(15)19)20-18-8-4-5-13-9-10-14(21)11-16(13)18/h2-3,6-7,9-12,18,20-21H,4-5,8H2,1H3/t12-,18?/m0/s1. The van der Waals surface area contributed by atoms with Gasteiger partial charge in [0.2, 0.25) is 0 Å². The van der Waals surface area contributed by atoms with Crippen LogP contribution in [0.3, 0.4) is 0 Å². The van der Waals surface area contributed by atoms with Crippen molar-refractivity contribution in [2.24, 2.45) is 0 Å². The van der Waals surface area contributed by atoms with Crippen LogP contribution in [-0.2, 0) is 6.42 Å². The van der Waals surface area contributed by atoms with E-state index in [1.807, 2.05) is 30.3 Å². The Hall–Kier alpha value is -1.51. The fourth-order valence-corrected chi connectivity index (χ4v) is 3.48. The summed E-state index contributed by atoms with van der Waals surface area (Å²) in [5, 5.41) is 14.2. The lowest BCUT2D eigenvalue weighted by Gasteiger charge is -2.30. The van der Waals surface area contributed by atoms with Crippen molar-refractivity contribution >= 4 is 11.6 Å². The van der Waals surface area contributed by atoms with Gasteiger partial charge in [0.1, 0.15) is 5.75 Å². The van der Waals surface area contributed by atoms with E-state index in [0.29, 0.717) is 5.75 Å². The van der Waals surface area contributed by atoms with Gasteiger partial charge >= 0.3 is 0 Å². The number of aromatic hydroxyl groups is 1. The fourth-order valence-electron chi connectivity index (χ4n) is 3.18. The molecule has 21 heavy (non-hydrogen) atoms. The molecule has 1 aliphatic carbocycles. The first-order chi connectivity index (χ1) is 10.1. The van der Waals surface area contributed by atoms with Crippen molar-refractivity contribution in [3.05, 3.63) is 64.2 Å². The summed E-state index contributed by atoms with van der Waals surface area (Å²) in [5.41, 5.74) is 3.68. The lowest BCUT2D eigenvalue weighted by Crippen LogP contribution is -2.27. The number of phenols is 1. The van der Waals surface area contributed by atoms with Gasteiger partial charge < -0.3 is 10.4 Å². The molecule has 0 bridgehead atoms. The van der Waals surface area contributed by atoms with E-state index in [-0.39, 0.29) is 12.1 Å². The number of benzene rings is 2. The third-order valence-electron chi connectivity index (χ3n) is 4.27. The molecule has 1 aliphatic rings. The van der Waals surface area contributed by atoms with Crippen molar-refractivity contribution in [1.29, 1.82) is 0 Å². The molecule has 0 aromatic heterocycles. The van der Waals surface area contributed by atoms with E-state index in [1.165, 1.54) is 17.5 Å². The minimum atomic E-state index is 0.178. The van der Waals surface area contributed by atoms with E-state index in [2.05, 4.69) is 18.3 Å². The van der Waals surface area contributed by atoms with E-state index in [4.69, 9.17) is 11.6 Å². The van der Waals surface area contributed by atoms with Crippen molar-refractivity contribution < 1.29 is 5.11 Å². The Bertz CT molecular complexity index is 641. The zero-order chi connectivity index (χ0) is 14.8. The van der Waals surface area contributed by atoms with E-state index in [1.54, 1.807) is 6.07 Å². The summed E-state index contributed by atoms with van der Waals surface area (Å²) in [6.45, 7) is 2.14. The normalized spacial score (nSPS) is 19.0.